The number of aromatic nitrogens is 2. The van der Waals surface area contributed by atoms with Gasteiger partial charge in [-0.05, 0) is 37.8 Å². The Morgan fingerprint density at radius 3 is 2.64 bits per heavy atom. The van der Waals surface area contributed by atoms with Gasteiger partial charge in [0.15, 0.2) is 0 Å². The predicted molar refractivity (Wildman–Crippen MR) is 85.9 cm³/mol. The Morgan fingerprint density at radius 1 is 1.27 bits per heavy atom. The standard InChI is InChI=1S/C17H21N3O2/c1-12-11-18-17(19-13(12)2)20-15(8-9-16(21)22)10-14-6-4-3-5-7-14/h3-7,11,15H,8-10H2,1-2H3,(H,21,22)(H,18,19,20). The van der Waals surface area contributed by atoms with E-state index in [9.17, 15) is 4.79 Å². The molecule has 1 atom stereocenters. The third kappa shape index (κ3) is 4.84. The molecule has 5 nitrogen and oxygen atoms in total. The van der Waals surface area contributed by atoms with Crippen LogP contribution in [-0.2, 0) is 11.2 Å². The Balaban J connectivity index is 2.09. The number of hydrogen-bond acceptors (Lipinski definition) is 4. The Labute approximate surface area is 130 Å². The molecule has 1 heterocycles. The van der Waals surface area contributed by atoms with Gasteiger partial charge in [0.05, 0.1) is 0 Å². The third-order valence-corrected chi connectivity index (χ3v) is 3.59. The SMILES string of the molecule is Cc1cnc(NC(CCC(=O)O)Cc2ccccc2)nc1C. The van der Waals surface area contributed by atoms with Crippen LogP contribution in [0, 0.1) is 13.8 Å². The van der Waals surface area contributed by atoms with Gasteiger partial charge in [-0.1, -0.05) is 30.3 Å². The summed E-state index contributed by atoms with van der Waals surface area (Å²) in [5.41, 5.74) is 3.12. The lowest BCUT2D eigenvalue weighted by atomic mass is 10.0. The van der Waals surface area contributed by atoms with Crippen molar-refractivity contribution in [3.05, 3.63) is 53.3 Å². The van der Waals surface area contributed by atoms with Crippen LogP contribution in [0.15, 0.2) is 36.5 Å². The first-order chi connectivity index (χ1) is 10.5. The Kier molecular flexibility index (Phi) is 5.47. The van der Waals surface area contributed by atoms with E-state index in [0.29, 0.717) is 12.4 Å². The molecule has 2 N–H and O–H groups in total. The summed E-state index contributed by atoms with van der Waals surface area (Å²) in [6.45, 7) is 3.90. The van der Waals surface area contributed by atoms with Crippen molar-refractivity contribution in [3.8, 4) is 0 Å². The summed E-state index contributed by atoms with van der Waals surface area (Å²) in [6.07, 6.45) is 3.17. The molecule has 0 spiro atoms. The van der Waals surface area contributed by atoms with Gasteiger partial charge in [0.2, 0.25) is 5.95 Å². The van der Waals surface area contributed by atoms with Gasteiger partial charge in [-0.25, -0.2) is 9.97 Å². The number of carboxylic acid groups (broad SMARTS) is 1. The van der Waals surface area contributed by atoms with Crippen LogP contribution >= 0.6 is 0 Å². The number of nitrogens with one attached hydrogen (secondary N) is 1. The maximum absolute atomic E-state index is 10.8. The normalized spacial score (nSPS) is 11.9. The molecular formula is C17H21N3O2. The first kappa shape index (κ1) is 15.9. The quantitative estimate of drug-likeness (QED) is 0.822. The second-order valence-corrected chi connectivity index (χ2v) is 5.43. The highest BCUT2D eigenvalue weighted by atomic mass is 16.4. The maximum atomic E-state index is 10.8. The van der Waals surface area contributed by atoms with Gasteiger partial charge in [-0.2, -0.15) is 0 Å². The molecular weight excluding hydrogens is 278 g/mol. The van der Waals surface area contributed by atoms with Gasteiger partial charge in [0.1, 0.15) is 0 Å². The summed E-state index contributed by atoms with van der Waals surface area (Å²) < 4.78 is 0. The Morgan fingerprint density at radius 2 is 2.00 bits per heavy atom. The number of aryl methyl sites for hydroxylation is 2. The second-order valence-electron chi connectivity index (χ2n) is 5.43. The molecule has 5 heteroatoms. The van der Waals surface area contributed by atoms with Crippen LogP contribution in [-0.4, -0.2) is 27.1 Å². The van der Waals surface area contributed by atoms with Crippen molar-refractivity contribution >= 4 is 11.9 Å². The fraction of sp³-hybridized carbons (Fsp3) is 0.353. The van der Waals surface area contributed by atoms with Crippen molar-refractivity contribution in [1.82, 2.24) is 9.97 Å². The molecule has 0 aliphatic rings. The van der Waals surface area contributed by atoms with Crippen LogP contribution in [0.5, 0.6) is 0 Å². The molecule has 0 bridgehead atoms. The van der Waals surface area contributed by atoms with Crippen molar-refractivity contribution in [2.45, 2.75) is 39.2 Å². The summed E-state index contributed by atoms with van der Waals surface area (Å²) in [5.74, 6) is -0.240. The summed E-state index contributed by atoms with van der Waals surface area (Å²) in [5, 5.41) is 12.2. The number of carboxylic acids is 1. The number of carbonyl (C=O) groups is 1. The van der Waals surface area contributed by atoms with E-state index >= 15 is 0 Å². The van der Waals surface area contributed by atoms with Gasteiger partial charge in [-0.15, -0.1) is 0 Å². The lowest BCUT2D eigenvalue weighted by Gasteiger charge is -2.18. The zero-order valence-corrected chi connectivity index (χ0v) is 12.9. The van der Waals surface area contributed by atoms with Gasteiger partial charge >= 0.3 is 5.97 Å². The van der Waals surface area contributed by atoms with Gasteiger partial charge in [0, 0.05) is 24.4 Å². The lowest BCUT2D eigenvalue weighted by Crippen LogP contribution is -2.25. The van der Waals surface area contributed by atoms with E-state index in [4.69, 9.17) is 5.11 Å². The van der Waals surface area contributed by atoms with Crippen LogP contribution in [0.4, 0.5) is 5.95 Å². The van der Waals surface area contributed by atoms with Crippen molar-refractivity contribution in [2.24, 2.45) is 0 Å². The molecule has 0 fully saturated rings. The zero-order valence-electron chi connectivity index (χ0n) is 12.9. The Bertz CT molecular complexity index is 629. The molecule has 0 saturated heterocycles. The second kappa shape index (κ2) is 7.54. The van der Waals surface area contributed by atoms with Gasteiger partial charge in [-0.3, -0.25) is 4.79 Å². The molecule has 0 aliphatic heterocycles. The molecule has 22 heavy (non-hydrogen) atoms. The van der Waals surface area contributed by atoms with E-state index < -0.39 is 5.97 Å². The van der Waals surface area contributed by atoms with Crippen LogP contribution in [0.25, 0.3) is 0 Å². The highest BCUT2D eigenvalue weighted by molar-refractivity contribution is 5.66. The first-order valence-corrected chi connectivity index (χ1v) is 7.37. The highest BCUT2D eigenvalue weighted by Gasteiger charge is 2.13. The van der Waals surface area contributed by atoms with Crippen molar-refractivity contribution in [2.75, 3.05) is 5.32 Å². The molecule has 1 aromatic carbocycles. The van der Waals surface area contributed by atoms with Crippen LogP contribution in [0.3, 0.4) is 0 Å². The summed E-state index contributed by atoms with van der Waals surface area (Å²) in [6, 6.07) is 10.00. The minimum absolute atomic E-state index is 0.0133. The number of rotatable bonds is 7. The smallest absolute Gasteiger partial charge is 0.303 e. The van der Waals surface area contributed by atoms with E-state index in [2.05, 4.69) is 15.3 Å². The fourth-order valence-corrected chi connectivity index (χ4v) is 2.20. The minimum atomic E-state index is -0.791. The molecule has 0 radical (unpaired) electrons. The van der Waals surface area contributed by atoms with Crippen molar-refractivity contribution in [1.29, 1.82) is 0 Å². The molecule has 116 valence electrons. The lowest BCUT2D eigenvalue weighted by molar-refractivity contribution is -0.137. The molecule has 1 aromatic heterocycles. The zero-order chi connectivity index (χ0) is 15.9. The number of aliphatic carboxylic acids is 1. The molecule has 1 unspecified atom stereocenters. The van der Waals surface area contributed by atoms with E-state index in [0.717, 1.165) is 23.2 Å². The van der Waals surface area contributed by atoms with E-state index in [1.165, 1.54) is 0 Å². The van der Waals surface area contributed by atoms with Crippen LogP contribution in [0.2, 0.25) is 0 Å². The summed E-state index contributed by atoms with van der Waals surface area (Å²) in [4.78, 5) is 19.5. The maximum Gasteiger partial charge on any atom is 0.303 e. The van der Waals surface area contributed by atoms with Crippen molar-refractivity contribution in [3.63, 3.8) is 0 Å². The molecule has 0 aliphatic carbocycles. The highest BCUT2D eigenvalue weighted by Crippen LogP contribution is 2.13. The average molecular weight is 299 g/mol. The summed E-state index contributed by atoms with van der Waals surface area (Å²) in [7, 11) is 0. The molecule has 2 rings (SSSR count). The van der Waals surface area contributed by atoms with E-state index in [1.807, 2.05) is 44.2 Å². The van der Waals surface area contributed by atoms with Gasteiger partial charge in [0.25, 0.3) is 0 Å². The van der Waals surface area contributed by atoms with Crippen LogP contribution < -0.4 is 5.32 Å². The minimum Gasteiger partial charge on any atom is -0.481 e. The summed E-state index contributed by atoms with van der Waals surface area (Å²) >= 11 is 0. The van der Waals surface area contributed by atoms with E-state index in [-0.39, 0.29) is 12.5 Å². The topological polar surface area (TPSA) is 75.1 Å². The largest absolute Gasteiger partial charge is 0.481 e. The van der Waals surface area contributed by atoms with Crippen molar-refractivity contribution < 1.29 is 9.90 Å². The fourth-order valence-electron chi connectivity index (χ4n) is 2.20. The van der Waals surface area contributed by atoms with Gasteiger partial charge < -0.3 is 10.4 Å². The number of hydrogen-bond donors (Lipinski definition) is 2. The number of benzene rings is 1. The molecule has 0 amide bonds. The predicted octanol–water partition coefficient (Wildman–Crippen LogP) is 2.98. The number of nitrogens with zero attached hydrogens (tertiary/aromatic N) is 2. The average Bonchev–Trinajstić information content (AvgIpc) is 2.49. The van der Waals surface area contributed by atoms with E-state index in [1.54, 1.807) is 6.20 Å². The Hall–Kier alpha value is -2.43. The monoisotopic (exact) mass is 299 g/mol. The third-order valence-electron chi connectivity index (χ3n) is 3.59. The number of anilines is 1. The van der Waals surface area contributed by atoms with Crippen LogP contribution in [0.1, 0.15) is 29.7 Å². The molecule has 2 aromatic rings. The first-order valence-electron chi connectivity index (χ1n) is 7.37. The molecule has 0 saturated carbocycles.